The lowest BCUT2D eigenvalue weighted by atomic mass is 9.71. The van der Waals surface area contributed by atoms with E-state index in [0.717, 1.165) is 53.8 Å². The van der Waals surface area contributed by atoms with E-state index in [1.165, 1.54) is 11.3 Å². The van der Waals surface area contributed by atoms with Gasteiger partial charge in [-0.1, -0.05) is 62.3 Å². The van der Waals surface area contributed by atoms with Crippen LogP contribution in [0.4, 0.5) is 0 Å². The second-order valence-corrected chi connectivity index (χ2v) is 9.79. The van der Waals surface area contributed by atoms with Crippen LogP contribution in [0, 0.1) is 18.8 Å². The number of nitrogens with zero attached hydrogens (tertiary/aromatic N) is 1. The van der Waals surface area contributed by atoms with Gasteiger partial charge in [0, 0.05) is 10.6 Å². The van der Waals surface area contributed by atoms with Crippen LogP contribution in [0.15, 0.2) is 29.1 Å². The molecule has 0 bridgehead atoms. The fourth-order valence-electron chi connectivity index (χ4n) is 4.44. The predicted molar refractivity (Wildman–Crippen MR) is 114 cm³/mol. The van der Waals surface area contributed by atoms with Gasteiger partial charge in [0.15, 0.2) is 0 Å². The summed E-state index contributed by atoms with van der Waals surface area (Å²) < 4.78 is 1.84. The maximum atomic E-state index is 12.4. The van der Waals surface area contributed by atoms with Crippen molar-refractivity contribution in [2.75, 3.05) is 0 Å². The number of carboxylic acids is 1. The van der Waals surface area contributed by atoms with Crippen molar-refractivity contribution in [2.45, 2.75) is 71.8 Å². The number of benzene rings is 1. The predicted octanol–water partition coefficient (Wildman–Crippen LogP) is 5.00. The van der Waals surface area contributed by atoms with Crippen molar-refractivity contribution >= 4 is 17.3 Å². The average molecular weight is 402 g/mol. The molecule has 3 rings (SSSR count). The highest BCUT2D eigenvalue weighted by atomic mass is 32.1. The Morgan fingerprint density at radius 1 is 1.25 bits per heavy atom. The summed E-state index contributed by atoms with van der Waals surface area (Å²) in [6, 6.07) is 7.86. The van der Waals surface area contributed by atoms with Gasteiger partial charge in [-0.3, -0.25) is 14.2 Å². The number of hydrogen-bond donors (Lipinski definition) is 1. The zero-order valence-electron chi connectivity index (χ0n) is 17.3. The molecule has 2 aromatic rings. The van der Waals surface area contributed by atoms with Crippen LogP contribution in [0.25, 0.3) is 0 Å². The van der Waals surface area contributed by atoms with E-state index in [4.69, 9.17) is 0 Å². The molecule has 1 unspecified atom stereocenters. The Balaban J connectivity index is 1.84. The Morgan fingerprint density at radius 2 is 1.86 bits per heavy atom. The highest BCUT2D eigenvalue weighted by Crippen LogP contribution is 2.42. The average Bonchev–Trinajstić information content (AvgIpc) is 3.26. The van der Waals surface area contributed by atoms with E-state index < -0.39 is 11.4 Å². The van der Waals surface area contributed by atoms with Crippen molar-refractivity contribution in [1.82, 2.24) is 4.57 Å². The second-order valence-electron chi connectivity index (χ2n) is 8.75. The number of carbonyl (C=O) groups is 1. The minimum absolute atomic E-state index is 0.0820. The summed E-state index contributed by atoms with van der Waals surface area (Å²) >= 11 is 1.35. The number of aromatic nitrogens is 1. The number of carboxylic acid groups (broad SMARTS) is 1. The molecule has 1 saturated carbocycles. The lowest BCUT2D eigenvalue weighted by molar-refractivity contribution is -0.145. The summed E-state index contributed by atoms with van der Waals surface area (Å²) in [5, 5.41) is 9.95. The fourth-order valence-corrected chi connectivity index (χ4v) is 5.64. The van der Waals surface area contributed by atoms with Crippen LogP contribution >= 0.6 is 11.3 Å². The maximum Gasteiger partial charge on any atom is 0.314 e. The Labute approximate surface area is 171 Å². The summed E-state index contributed by atoms with van der Waals surface area (Å²) in [5.41, 5.74) is 2.11. The normalized spacial score (nSPS) is 17.2. The summed E-state index contributed by atoms with van der Waals surface area (Å²) in [5.74, 6) is -0.0275. The molecule has 4 nitrogen and oxygen atoms in total. The zero-order valence-corrected chi connectivity index (χ0v) is 18.1. The van der Waals surface area contributed by atoms with Gasteiger partial charge in [0.05, 0.1) is 12.0 Å². The molecule has 1 fully saturated rings. The van der Waals surface area contributed by atoms with Crippen molar-refractivity contribution in [1.29, 1.82) is 0 Å². The number of aliphatic carboxylic acids is 1. The molecule has 1 aromatic carbocycles. The first kappa shape index (κ1) is 20.8. The van der Waals surface area contributed by atoms with Crippen molar-refractivity contribution in [3.05, 3.63) is 55.6 Å². The minimum Gasteiger partial charge on any atom is -0.481 e. The molecular formula is C23H31NO3S. The van der Waals surface area contributed by atoms with Gasteiger partial charge in [0.1, 0.15) is 0 Å². The maximum absolute atomic E-state index is 12.4. The number of rotatable bonds is 7. The van der Waals surface area contributed by atoms with Gasteiger partial charge >= 0.3 is 10.8 Å². The fraction of sp³-hybridized carbons (Fsp3) is 0.565. The van der Waals surface area contributed by atoms with Crippen molar-refractivity contribution in [2.24, 2.45) is 11.8 Å². The summed E-state index contributed by atoms with van der Waals surface area (Å²) in [7, 11) is 0. The molecule has 0 radical (unpaired) electrons. The molecule has 1 N–H and O–H groups in total. The van der Waals surface area contributed by atoms with Gasteiger partial charge in [-0.05, 0) is 56.1 Å². The molecule has 1 atom stereocenters. The van der Waals surface area contributed by atoms with E-state index in [-0.39, 0.29) is 10.8 Å². The number of thiazole rings is 1. The van der Waals surface area contributed by atoms with Crippen LogP contribution in [-0.2, 0) is 23.2 Å². The van der Waals surface area contributed by atoms with Gasteiger partial charge in [-0.2, -0.15) is 0 Å². The molecule has 28 heavy (non-hydrogen) atoms. The van der Waals surface area contributed by atoms with E-state index in [9.17, 15) is 14.7 Å². The molecule has 1 aliphatic rings. The third kappa shape index (κ3) is 3.95. The third-order valence-corrected chi connectivity index (χ3v) is 7.45. The van der Waals surface area contributed by atoms with Gasteiger partial charge < -0.3 is 5.11 Å². The topological polar surface area (TPSA) is 59.3 Å². The number of hydrogen-bond acceptors (Lipinski definition) is 3. The summed E-state index contributed by atoms with van der Waals surface area (Å²) in [4.78, 5) is 25.8. The van der Waals surface area contributed by atoms with Gasteiger partial charge in [-0.25, -0.2) is 0 Å². The Kier molecular flexibility index (Phi) is 6.13. The zero-order chi connectivity index (χ0) is 20.5. The van der Waals surface area contributed by atoms with Gasteiger partial charge in [0.25, 0.3) is 0 Å². The molecular weight excluding hydrogens is 370 g/mol. The van der Waals surface area contributed by atoms with Crippen LogP contribution in [0.5, 0.6) is 0 Å². The summed E-state index contributed by atoms with van der Waals surface area (Å²) in [6.07, 6.45) is 5.12. The molecule has 152 valence electrons. The minimum atomic E-state index is -0.839. The van der Waals surface area contributed by atoms with Gasteiger partial charge in [-0.15, -0.1) is 0 Å². The van der Waals surface area contributed by atoms with E-state index in [0.29, 0.717) is 12.5 Å². The lowest BCUT2D eigenvalue weighted by Gasteiger charge is -2.32. The molecule has 1 heterocycles. The standard InChI is InChI=1S/C23H31NO3S/c1-15(2)13-20-16(3)24(22(27)28-20)14-17-9-11-19(12-10-17)23(4,21(25)26)18-7-5-6-8-18/h9-12,15,18H,5-8,13-14H2,1-4H3,(H,25,26). The first-order valence-electron chi connectivity index (χ1n) is 10.3. The van der Waals surface area contributed by atoms with Crippen LogP contribution < -0.4 is 4.87 Å². The van der Waals surface area contributed by atoms with Crippen LogP contribution in [0.2, 0.25) is 0 Å². The Morgan fingerprint density at radius 3 is 2.39 bits per heavy atom. The molecule has 1 aliphatic carbocycles. The molecule has 0 amide bonds. The van der Waals surface area contributed by atoms with Crippen molar-refractivity contribution in [3.8, 4) is 0 Å². The SMILES string of the molecule is Cc1c(CC(C)C)sc(=O)n1Cc1ccc(C(C)(C(=O)O)C2CCCC2)cc1. The van der Waals surface area contributed by atoms with E-state index >= 15 is 0 Å². The largest absolute Gasteiger partial charge is 0.481 e. The van der Waals surface area contributed by atoms with Gasteiger partial charge in [0.2, 0.25) is 0 Å². The first-order valence-corrected chi connectivity index (χ1v) is 11.1. The molecule has 5 heteroatoms. The van der Waals surface area contributed by atoms with Crippen LogP contribution in [0.1, 0.15) is 68.2 Å². The first-order chi connectivity index (χ1) is 13.2. The highest BCUT2D eigenvalue weighted by molar-refractivity contribution is 7.09. The molecule has 0 aliphatic heterocycles. The quantitative estimate of drug-likeness (QED) is 0.710. The van der Waals surface area contributed by atoms with Crippen LogP contribution in [0.3, 0.4) is 0 Å². The Bertz CT molecular complexity index is 888. The molecule has 1 aromatic heterocycles. The van der Waals surface area contributed by atoms with Crippen molar-refractivity contribution < 1.29 is 9.90 Å². The lowest BCUT2D eigenvalue weighted by Crippen LogP contribution is -2.39. The smallest absolute Gasteiger partial charge is 0.314 e. The molecule has 0 saturated heterocycles. The highest BCUT2D eigenvalue weighted by Gasteiger charge is 2.43. The summed E-state index contributed by atoms with van der Waals surface area (Å²) in [6.45, 7) is 8.75. The third-order valence-electron chi connectivity index (χ3n) is 6.34. The van der Waals surface area contributed by atoms with E-state index in [1.807, 2.05) is 42.7 Å². The van der Waals surface area contributed by atoms with E-state index in [1.54, 1.807) is 0 Å². The van der Waals surface area contributed by atoms with Crippen molar-refractivity contribution in [3.63, 3.8) is 0 Å². The van der Waals surface area contributed by atoms with Crippen LogP contribution in [-0.4, -0.2) is 15.6 Å². The monoisotopic (exact) mass is 401 g/mol. The van der Waals surface area contributed by atoms with E-state index in [2.05, 4.69) is 13.8 Å². The molecule has 0 spiro atoms. The second kappa shape index (κ2) is 8.24. The Hall–Kier alpha value is -1.88.